The predicted molar refractivity (Wildman–Crippen MR) is 74.5 cm³/mol. The van der Waals surface area contributed by atoms with Gasteiger partial charge in [0, 0.05) is 12.1 Å². The second kappa shape index (κ2) is 4.76. The summed E-state index contributed by atoms with van der Waals surface area (Å²) < 4.78 is 0. The Morgan fingerprint density at radius 2 is 2.20 bits per heavy atom. The highest BCUT2D eigenvalue weighted by Crippen LogP contribution is 2.17. The third-order valence-electron chi connectivity index (χ3n) is 2.93. The van der Waals surface area contributed by atoms with Crippen molar-refractivity contribution in [3.8, 4) is 0 Å². The zero-order valence-electron chi connectivity index (χ0n) is 11.2. The molecule has 1 amide bonds. The number of aryl methyl sites for hydroxylation is 2. The topological polar surface area (TPSA) is 99.3 Å². The van der Waals surface area contributed by atoms with Crippen molar-refractivity contribution in [3.05, 3.63) is 35.7 Å². The zero-order valence-corrected chi connectivity index (χ0v) is 11.2. The van der Waals surface area contributed by atoms with Gasteiger partial charge in [-0.05, 0) is 25.1 Å². The first-order valence-corrected chi connectivity index (χ1v) is 6.34. The monoisotopic (exact) mass is 270 g/mol. The van der Waals surface area contributed by atoms with Crippen LogP contribution < -0.4 is 5.32 Å². The molecule has 0 aliphatic rings. The summed E-state index contributed by atoms with van der Waals surface area (Å²) in [5, 5.41) is 9.36. The molecule has 3 N–H and O–H groups in total. The molecule has 0 aliphatic heterocycles. The molecule has 0 bridgehead atoms. The van der Waals surface area contributed by atoms with Gasteiger partial charge in [-0.15, -0.1) is 5.10 Å². The van der Waals surface area contributed by atoms with E-state index in [0.29, 0.717) is 17.9 Å². The lowest BCUT2D eigenvalue weighted by Gasteiger charge is -2.01. The normalized spacial score (nSPS) is 10.9. The van der Waals surface area contributed by atoms with E-state index in [-0.39, 0.29) is 11.7 Å². The average Bonchev–Trinajstić information content (AvgIpc) is 3.03. The molecule has 3 rings (SSSR count). The van der Waals surface area contributed by atoms with E-state index >= 15 is 0 Å². The van der Waals surface area contributed by atoms with Gasteiger partial charge < -0.3 is 10.3 Å². The highest BCUT2D eigenvalue weighted by molar-refractivity contribution is 6.02. The van der Waals surface area contributed by atoms with Crippen LogP contribution in [0.15, 0.2) is 18.2 Å². The molecule has 0 radical (unpaired) electrons. The number of carbonyl (C=O) groups is 1. The molecular weight excluding hydrogens is 256 g/mol. The summed E-state index contributed by atoms with van der Waals surface area (Å²) in [6.07, 6.45) is 0.708. The molecule has 0 spiro atoms. The summed E-state index contributed by atoms with van der Waals surface area (Å²) in [6, 6.07) is 5.48. The molecule has 3 aromatic rings. The minimum absolute atomic E-state index is 0.141. The molecule has 102 valence electrons. The van der Waals surface area contributed by atoms with Crippen molar-refractivity contribution >= 4 is 22.6 Å². The Labute approximate surface area is 114 Å². The third-order valence-corrected chi connectivity index (χ3v) is 2.93. The molecule has 7 heteroatoms. The number of aromatic nitrogens is 5. The maximum absolute atomic E-state index is 12.0. The Hall–Kier alpha value is -2.70. The van der Waals surface area contributed by atoms with E-state index in [2.05, 4.69) is 30.5 Å². The minimum atomic E-state index is -0.337. The molecule has 7 nitrogen and oxygen atoms in total. The van der Waals surface area contributed by atoms with Crippen molar-refractivity contribution in [2.75, 3.05) is 5.32 Å². The summed E-state index contributed by atoms with van der Waals surface area (Å²) >= 11 is 0. The molecule has 2 aromatic heterocycles. The Morgan fingerprint density at radius 1 is 1.35 bits per heavy atom. The van der Waals surface area contributed by atoms with Crippen LogP contribution in [0.1, 0.15) is 29.2 Å². The SMILES string of the molecule is CCc1nc(C(=O)Nc2ccc3nc(C)[nH]c3c2)n[nH]1. The van der Waals surface area contributed by atoms with E-state index in [1.54, 1.807) is 6.07 Å². The van der Waals surface area contributed by atoms with Gasteiger partial charge >= 0.3 is 0 Å². The minimum Gasteiger partial charge on any atom is -0.342 e. The Kier molecular flexibility index (Phi) is 2.94. The molecule has 0 aliphatic carbocycles. The van der Waals surface area contributed by atoms with Gasteiger partial charge in [0.2, 0.25) is 5.82 Å². The van der Waals surface area contributed by atoms with E-state index in [9.17, 15) is 4.79 Å². The zero-order chi connectivity index (χ0) is 14.1. The fourth-order valence-electron chi connectivity index (χ4n) is 1.96. The Morgan fingerprint density at radius 3 is 2.95 bits per heavy atom. The van der Waals surface area contributed by atoms with E-state index in [1.165, 1.54) is 0 Å². The van der Waals surface area contributed by atoms with Crippen LogP contribution in [0, 0.1) is 6.92 Å². The summed E-state index contributed by atoms with van der Waals surface area (Å²) in [5.74, 6) is 1.33. The van der Waals surface area contributed by atoms with E-state index in [0.717, 1.165) is 16.9 Å². The number of carbonyl (C=O) groups excluding carboxylic acids is 1. The van der Waals surface area contributed by atoms with Crippen LogP contribution in [-0.2, 0) is 6.42 Å². The quantitative estimate of drug-likeness (QED) is 0.675. The number of amides is 1. The standard InChI is InChI=1S/C13H14N6O/c1-3-11-17-12(19-18-11)13(20)16-8-4-5-9-10(6-8)15-7(2)14-9/h4-6H,3H2,1-2H3,(H,14,15)(H,16,20)(H,17,18,19). The van der Waals surface area contributed by atoms with Crippen LogP contribution in [0.5, 0.6) is 0 Å². The summed E-state index contributed by atoms with van der Waals surface area (Å²) in [4.78, 5) is 23.5. The van der Waals surface area contributed by atoms with Crippen molar-refractivity contribution in [2.45, 2.75) is 20.3 Å². The summed E-state index contributed by atoms with van der Waals surface area (Å²) in [7, 11) is 0. The van der Waals surface area contributed by atoms with Gasteiger partial charge in [0.1, 0.15) is 11.6 Å². The van der Waals surface area contributed by atoms with Gasteiger partial charge in [0.15, 0.2) is 0 Å². The van der Waals surface area contributed by atoms with E-state index < -0.39 is 0 Å². The van der Waals surface area contributed by atoms with E-state index in [1.807, 2.05) is 26.0 Å². The number of fused-ring (bicyclic) bond motifs is 1. The summed E-state index contributed by atoms with van der Waals surface area (Å²) in [6.45, 7) is 3.83. The molecule has 0 unspecified atom stereocenters. The molecule has 0 saturated heterocycles. The lowest BCUT2D eigenvalue weighted by atomic mass is 10.2. The molecular formula is C13H14N6O. The van der Waals surface area contributed by atoms with Crippen LogP contribution in [0.25, 0.3) is 11.0 Å². The van der Waals surface area contributed by atoms with Gasteiger partial charge in [-0.1, -0.05) is 6.92 Å². The lowest BCUT2D eigenvalue weighted by molar-refractivity contribution is 0.101. The largest absolute Gasteiger partial charge is 0.342 e. The second-order valence-corrected chi connectivity index (χ2v) is 4.47. The second-order valence-electron chi connectivity index (χ2n) is 4.47. The lowest BCUT2D eigenvalue weighted by Crippen LogP contribution is -2.13. The first-order valence-electron chi connectivity index (χ1n) is 6.34. The molecule has 0 atom stereocenters. The van der Waals surface area contributed by atoms with E-state index in [4.69, 9.17) is 0 Å². The first kappa shape index (κ1) is 12.3. The summed E-state index contributed by atoms with van der Waals surface area (Å²) in [5.41, 5.74) is 2.42. The number of hydrogen-bond acceptors (Lipinski definition) is 4. The molecule has 1 aromatic carbocycles. The van der Waals surface area contributed by atoms with Gasteiger partial charge in [-0.3, -0.25) is 9.89 Å². The number of anilines is 1. The molecule has 20 heavy (non-hydrogen) atoms. The van der Waals surface area contributed by atoms with Gasteiger partial charge in [0.05, 0.1) is 11.0 Å². The average molecular weight is 270 g/mol. The van der Waals surface area contributed by atoms with Crippen LogP contribution in [0.4, 0.5) is 5.69 Å². The number of nitrogens with zero attached hydrogens (tertiary/aromatic N) is 3. The maximum atomic E-state index is 12.0. The number of aromatic amines is 2. The highest BCUT2D eigenvalue weighted by Gasteiger charge is 2.12. The third kappa shape index (κ3) is 2.25. The van der Waals surface area contributed by atoms with Gasteiger partial charge in [0.25, 0.3) is 5.91 Å². The Balaban J connectivity index is 1.82. The number of H-pyrrole nitrogens is 2. The van der Waals surface area contributed by atoms with Gasteiger partial charge in [-0.2, -0.15) is 0 Å². The Bertz CT molecular complexity index is 772. The van der Waals surface area contributed by atoms with Crippen molar-refractivity contribution in [1.29, 1.82) is 0 Å². The molecule has 0 saturated carbocycles. The smallest absolute Gasteiger partial charge is 0.295 e. The van der Waals surface area contributed by atoms with Crippen molar-refractivity contribution in [3.63, 3.8) is 0 Å². The first-order chi connectivity index (χ1) is 9.65. The van der Waals surface area contributed by atoms with Crippen LogP contribution >= 0.6 is 0 Å². The fraction of sp³-hybridized carbons (Fsp3) is 0.231. The van der Waals surface area contributed by atoms with Crippen molar-refractivity contribution in [1.82, 2.24) is 25.1 Å². The molecule has 0 fully saturated rings. The van der Waals surface area contributed by atoms with Crippen LogP contribution in [0.2, 0.25) is 0 Å². The fourth-order valence-corrected chi connectivity index (χ4v) is 1.96. The van der Waals surface area contributed by atoms with Crippen molar-refractivity contribution < 1.29 is 4.79 Å². The van der Waals surface area contributed by atoms with Crippen molar-refractivity contribution in [2.24, 2.45) is 0 Å². The van der Waals surface area contributed by atoms with Gasteiger partial charge in [-0.25, -0.2) is 9.97 Å². The molecule has 2 heterocycles. The maximum Gasteiger partial charge on any atom is 0.295 e. The number of imidazole rings is 1. The predicted octanol–water partition coefficient (Wildman–Crippen LogP) is 1.80. The van der Waals surface area contributed by atoms with Crippen LogP contribution in [-0.4, -0.2) is 31.1 Å². The number of benzene rings is 1. The number of nitrogens with one attached hydrogen (secondary N) is 3. The van der Waals surface area contributed by atoms with Crippen LogP contribution in [0.3, 0.4) is 0 Å². The highest BCUT2D eigenvalue weighted by atomic mass is 16.2. The number of hydrogen-bond donors (Lipinski definition) is 3. The number of rotatable bonds is 3.